The Bertz CT molecular complexity index is 421. The van der Waals surface area contributed by atoms with E-state index in [9.17, 15) is 4.79 Å². The normalized spacial score (nSPS) is 10.0. The van der Waals surface area contributed by atoms with Crippen LogP contribution in [0.1, 0.15) is 6.42 Å². The fraction of sp³-hybridized carbons (Fsp3) is 0.250. The Morgan fingerprint density at radius 3 is 2.65 bits per heavy atom. The second-order valence-electron chi connectivity index (χ2n) is 3.48. The quantitative estimate of drug-likeness (QED) is 0.807. The van der Waals surface area contributed by atoms with Crippen LogP contribution in [-0.4, -0.2) is 24.2 Å². The Morgan fingerprint density at radius 1 is 1.41 bits per heavy atom. The van der Waals surface area contributed by atoms with Crippen molar-refractivity contribution < 1.29 is 9.90 Å². The number of aliphatic carboxylic acids is 1. The molecular weight excluding hydrogens is 261 g/mol. The number of nitrogens with zero attached hydrogens (tertiary/aromatic N) is 1. The van der Waals surface area contributed by atoms with Gasteiger partial charge < -0.3 is 10.0 Å². The van der Waals surface area contributed by atoms with Crippen molar-refractivity contribution in [2.75, 3.05) is 18.0 Å². The van der Waals surface area contributed by atoms with Gasteiger partial charge in [-0.1, -0.05) is 29.3 Å². The molecule has 5 heteroatoms. The van der Waals surface area contributed by atoms with E-state index in [0.29, 0.717) is 23.1 Å². The highest BCUT2D eigenvalue weighted by Crippen LogP contribution is 2.27. The van der Waals surface area contributed by atoms with E-state index in [1.807, 2.05) is 4.90 Å². The van der Waals surface area contributed by atoms with Crippen LogP contribution in [0.4, 0.5) is 5.69 Å². The van der Waals surface area contributed by atoms with Gasteiger partial charge in [-0.3, -0.25) is 4.79 Å². The molecule has 0 radical (unpaired) electrons. The highest BCUT2D eigenvalue weighted by atomic mass is 35.5. The summed E-state index contributed by atoms with van der Waals surface area (Å²) >= 11 is 11.7. The summed E-state index contributed by atoms with van der Waals surface area (Å²) in [6, 6.07) is 5.21. The maximum Gasteiger partial charge on any atom is 0.305 e. The first-order valence-electron chi connectivity index (χ1n) is 5.07. The third-order valence-corrected chi connectivity index (χ3v) is 2.95. The average Bonchev–Trinajstić information content (AvgIpc) is 2.28. The van der Waals surface area contributed by atoms with Gasteiger partial charge in [0, 0.05) is 18.8 Å². The molecule has 0 amide bonds. The molecule has 0 aromatic heterocycles. The molecule has 1 aromatic rings. The van der Waals surface area contributed by atoms with E-state index >= 15 is 0 Å². The molecule has 1 rings (SSSR count). The zero-order valence-electron chi connectivity index (χ0n) is 9.20. The van der Waals surface area contributed by atoms with Gasteiger partial charge >= 0.3 is 5.97 Å². The smallest absolute Gasteiger partial charge is 0.305 e. The fourth-order valence-electron chi connectivity index (χ4n) is 1.39. The molecule has 0 atom stereocenters. The SMILES string of the molecule is C=CCN(CCC(=O)O)c1ccc(Cl)c(Cl)c1. The second kappa shape index (κ2) is 6.52. The molecule has 0 saturated carbocycles. The standard InChI is InChI=1S/C12H13Cl2NO2/c1-2-6-15(7-5-12(16)17)9-3-4-10(13)11(14)8-9/h2-4,8H,1,5-7H2,(H,16,17). The number of benzene rings is 1. The molecule has 0 spiro atoms. The van der Waals surface area contributed by atoms with Crippen LogP contribution in [0.15, 0.2) is 30.9 Å². The predicted molar refractivity (Wildman–Crippen MR) is 71.1 cm³/mol. The lowest BCUT2D eigenvalue weighted by Crippen LogP contribution is -2.26. The molecule has 17 heavy (non-hydrogen) atoms. The number of hydrogen-bond acceptors (Lipinski definition) is 2. The van der Waals surface area contributed by atoms with E-state index in [1.165, 1.54) is 0 Å². The van der Waals surface area contributed by atoms with Crippen LogP contribution in [0.5, 0.6) is 0 Å². The van der Waals surface area contributed by atoms with Crippen molar-refractivity contribution in [1.29, 1.82) is 0 Å². The van der Waals surface area contributed by atoms with Crippen LogP contribution in [0, 0.1) is 0 Å². The first-order chi connectivity index (χ1) is 8.04. The van der Waals surface area contributed by atoms with Gasteiger partial charge in [-0.15, -0.1) is 6.58 Å². The van der Waals surface area contributed by atoms with E-state index in [-0.39, 0.29) is 6.42 Å². The maximum atomic E-state index is 10.6. The molecule has 0 aliphatic heterocycles. The molecule has 1 aromatic carbocycles. The van der Waals surface area contributed by atoms with Crippen LogP contribution in [0.2, 0.25) is 10.0 Å². The van der Waals surface area contributed by atoms with Gasteiger partial charge in [0.15, 0.2) is 0 Å². The summed E-state index contributed by atoms with van der Waals surface area (Å²) in [5.41, 5.74) is 0.834. The van der Waals surface area contributed by atoms with Crippen LogP contribution >= 0.6 is 23.2 Å². The number of carbonyl (C=O) groups is 1. The molecule has 0 heterocycles. The Hall–Kier alpha value is -1.19. The minimum atomic E-state index is -0.834. The number of rotatable bonds is 6. The molecule has 0 unspecified atom stereocenters. The molecule has 0 aliphatic rings. The summed E-state index contributed by atoms with van der Waals surface area (Å²) in [5.74, 6) is -0.834. The average molecular weight is 274 g/mol. The Balaban J connectivity index is 2.84. The van der Waals surface area contributed by atoms with Crippen molar-refractivity contribution >= 4 is 34.9 Å². The molecule has 0 saturated heterocycles. The van der Waals surface area contributed by atoms with E-state index in [4.69, 9.17) is 28.3 Å². The van der Waals surface area contributed by atoms with Gasteiger partial charge in [0.05, 0.1) is 16.5 Å². The van der Waals surface area contributed by atoms with Gasteiger partial charge in [0.1, 0.15) is 0 Å². The monoisotopic (exact) mass is 273 g/mol. The van der Waals surface area contributed by atoms with E-state index in [1.54, 1.807) is 24.3 Å². The third kappa shape index (κ3) is 4.29. The van der Waals surface area contributed by atoms with Crippen molar-refractivity contribution in [3.8, 4) is 0 Å². The lowest BCUT2D eigenvalue weighted by atomic mass is 10.2. The highest BCUT2D eigenvalue weighted by molar-refractivity contribution is 6.42. The van der Waals surface area contributed by atoms with E-state index in [0.717, 1.165) is 5.69 Å². The summed E-state index contributed by atoms with van der Waals surface area (Å²) in [6.45, 7) is 4.61. The van der Waals surface area contributed by atoms with Gasteiger partial charge in [0.2, 0.25) is 0 Å². The van der Waals surface area contributed by atoms with Gasteiger partial charge in [-0.05, 0) is 18.2 Å². The van der Waals surface area contributed by atoms with Crippen LogP contribution in [-0.2, 0) is 4.79 Å². The summed E-state index contributed by atoms with van der Waals surface area (Å²) in [7, 11) is 0. The summed E-state index contributed by atoms with van der Waals surface area (Å²) in [5, 5.41) is 9.61. The zero-order valence-corrected chi connectivity index (χ0v) is 10.7. The van der Waals surface area contributed by atoms with Crippen molar-refractivity contribution in [1.82, 2.24) is 0 Å². The minimum absolute atomic E-state index is 0.0636. The van der Waals surface area contributed by atoms with Crippen molar-refractivity contribution in [2.45, 2.75) is 6.42 Å². The van der Waals surface area contributed by atoms with Crippen molar-refractivity contribution in [2.24, 2.45) is 0 Å². The number of carboxylic acid groups (broad SMARTS) is 1. The summed E-state index contributed by atoms with van der Waals surface area (Å²) in [4.78, 5) is 12.4. The molecule has 0 fully saturated rings. The number of halogens is 2. The summed E-state index contributed by atoms with van der Waals surface area (Å²) < 4.78 is 0. The van der Waals surface area contributed by atoms with Gasteiger partial charge in [0.25, 0.3) is 0 Å². The largest absolute Gasteiger partial charge is 0.481 e. The Kier molecular flexibility index (Phi) is 5.32. The van der Waals surface area contributed by atoms with Crippen LogP contribution in [0.25, 0.3) is 0 Å². The highest BCUT2D eigenvalue weighted by Gasteiger charge is 2.09. The van der Waals surface area contributed by atoms with Gasteiger partial charge in [-0.2, -0.15) is 0 Å². The van der Waals surface area contributed by atoms with E-state index in [2.05, 4.69) is 6.58 Å². The third-order valence-electron chi connectivity index (χ3n) is 2.21. The molecule has 92 valence electrons. The second-order valence-corrected chi connectivity index (χ2v) is 4.29. The molecule has 0 bridgehead atoms. The van der Waals surface area contributed by atoms with Crippen LogP contribution < -0.4 is 4.90 Å². The Labute approximate surface area is 110 Å². The molecule has 1 N–H and O–H groups in total. The Morgan fingerprint density at radius 2 is 2.12 bits per heavy atom. The number of hydrogen-bond donors (Lipinski definition) is 1. The lowest BCUT2D eigenvalue weighted by molar-refractivity contribution is -0.136. The molecule has 0 aliphatic carbocycles. The first kappa shape index (κ1) is 13.9. The fourth-order valence-corrected chi connectivity index (χ4v) is 1.69. The zero-order chi connectivity index (χ0) is 12.8. The number of carboxylic acids is 1. The van der Waals surface area contributed by atoms with Gasteiger partial charge in [-0.25, -0.2) is 0 Å². The van der Waals surface area contributed by atoms with E-state index < -0.39 is 5.97 Å². The first-order valence-corrected chi connectivity index (χ1v) is 5.83. The topological polar surface area (TPSA) is 40.5 Å². The van der Waals surface area contributed by atoms with Crippen molar-refractivity contribution in [3.63, 3.8) is 0 Å². The predicted octanol–water partition coefficient (Wildman–Crippen LogP) is 3.46. The molecule has 3 nitrogen and oxygen atoms in total. The van der Waals surface area contributed by atoms with Crippen molar-refractivity contribution in [3.05, 3.63) is 40.9 Å². The van der Waals surface area contributed by atoms with Crippen LogP contribution in [0.3, 0.4) is 0 Å². The lowest BCUT2D eigenvalue weighted by Gasteiger charge is -2.22. The minimum Gasteiger partial charge on any atom is -0.481 e. The summed E-state index contributed by atoms with van der Waals surface area (Å²) in [6.07, 6.45) is 1.78. The molecular formula is C12H13Cl2NO2. The maximum absolute atomic E-state index is 10.6. The number of anilines is 1.